The molecule has 3 amide bonds. The van der Waals surface area contributed by atoms with Gasteiger partial charge in [0.15, 0.2) is 0 Å². The molecule has 7 heteroatoms. The van der Waals surface area contributed by atoms with Crippen LogP contribution in [0.4, 0.5) is 0 Å². The Balaban J connectivity index is 1.61. The van der Waals surface area contributed by atoms with E-state index >= 15 is 0 Å². The lowest BCUT2D eigenvalue weighted by atomic mass is 10.2. The molecule has 1 aromatic rings. The van der Waals surface area contributed by atoms with E-state index in [1.54, 1.807) is 40.9 Å². The molecule has 0 radical (unpaired) electrons. The van der Waals surface area contributed by atoms with Crippen LogP contribution in [0.3, 0.4) is 0 Å². The average Bonchev–Trinajstić information content (AvgIpc) is 3.02. The Kier molecular flexibility index (Phi) is 3.82. The lowest BCUT2D eigenvalue weighted by Crippen LogP contribution is -2.54. The third kappa shape index (κ3) is 2.56. The van der Waals surface area contributed by atoms with Gasteiger partial charge in [-0.25, -0.2) is 0 Å². The lowest BCUT2D eigenvalue weighted by Gasteiger charge is -2.29. The highest BCUT2D eigenvalue weighted by molar-refractivity contribution is 8.01. The Morgan fingerprint density at radius 1 is 1.27 bits per heavy atom. The van der Waals surface area contributed by atoms with Crippen LogP contribution in [0.1, 0.15) is 30.1 Å². The number of hydrogen-bond donors (Lipinski definition) is 2. The third-order valence-electron chi connectivity index (χ3n) is 4.08. The minimum atomic E-state index is -0.527. The molecule has 3 rings (SSSR count). The first kappa shape index (κ1) is 14.9. The maximum atomic E-state index is 12.3. The number of hydrogen-bond acceptors (Lipinski definition) is 4. The number of thioether (sulfide) groups is 1. The summed E-state index contributed by atoms with van der Waals surface area (Å²) in [5.41, 5.74) is 5.29. The van der Waals surface area contributed by atoms with E-state index in [4.69, 9.17) is 0 Å². The molecule has 0 bridgehead atoms. The van der Waals surface area contributed by atoms with Gasteiger partial charge >= 0.3 is 0 Å². The zero-order valence-electron chi connectivity index (χ0n) is 12.2. The highest BCUT2D eigenvalue weighted by Gasteiger charge is 2.52. The SMILES string of the molecule is C[C@@]12CCC(=O)N1[C@H](C(=O)NNC(=O)c1ccccc1)CS2. The predicted octanol–water partition coefficient (Wildman–Crippen LogP) is 0.902. The van der Waals surface area contributed by atoms with Crippen molar-refractivity contribution in [2.75, 3.05) is 5.75 Å². The summed E-state index contributed by atoms with van der Waals surface area (Å²) in [6, 6.07) is 8.10. The van der Waals surface area contributed by atoms with Gasteiger partial charge in [0.05, 0.1) is 4.87 Å². The van der Waals surface area contributed by atoms with Gasteiger partial charge in [-0.05, 0) is 25.5 Å². The number of fused-ring (bicyclic) bond motifs is 1. The second-order valence-electron chi connectivity index (χ2n) is 5.57. The highest BCUT2D eigenvalue weighted by Crippen LogP contribution is 2.47. The maximum absolute atomic E-state index is 12.3. The summed E-state index contributed by atoms with van der Waals surface area (Å²) in [5, 5.41) is 0. The number of carbonyl (C=O) groups excluding carboxylic acids is 3. The first-order chi connectivity index (χ1) is 10.5. The van der Waals surface area contributed by atoms with E-state index in [0.29, 0.717) is 17.7 Å². The molecule has 0 aromatic heterocycles. The van der Waals surface area contributed by atoms with E-state index < -0.39 is 6.04 Å². The van der Waals surface area contributed by atoms with Crippen LogP contribution in [-0.2, 0) is 9.59 Å². The number of nitrogens with one attached hydrogen (secondary N) is 2. The van der Waals surface area contributed by atoms with Crippen LogP contribution >= 0.6 is 11.8 Å². The summed E-state index contributed by atoms with van der Waals surface area (Å²) < 4.78 is 0. The summed E-state index contributed by atoms with van der Waals surface area (Å²) in [6.07, 6.45) is 1.24. The van der Waals surface area contributed by atoms with Crippen molar-refractivity contribution in [2.24, 2.45) is 0 Å². The zero-order valence-corrected chi connectivity index (χ0v) is 13.0. The van der Waals surface area contributed by atoms with Crippen molar-refractivity contribution in [3.05, 3.63) is 35.9 Å². The molecule has 2 aliphatic heterocycles. The smallest absolute Gasteiger partial charge is 0.269 e. The van der Waals surface area contributed by atoms with Gasteiger partial charge in [-0.15, -0.1) is 11.8 Å². The largest absolute Gasteiger partial charge is 0.315 e. The van der Waals surface area contributed by atoms with Crippen LogP contribution in [0.5, 0.6) is 0 Å². The molecule has 6 nitrogen and oxygen atoms in total. The van der Waals surface area contributed by atoms with Crippen molar-refractivity contribution < 1.29 is 14.4 Å². The maximum Gasteiger partial charge on any atom is 0.269 e. The van der Waals surface area contributed by atoms with Gasteiger partial charge in [0.25, 0.3) is 11.8 Å². The quantitative estimate of drug-likeness (QED) is 0.794. The van der Waals surface area contributed by atoms with Gasteiger partial charge in [-0.2, -0.15) is 0 Å². The van der Waals surface area contributed by atoms with E-state index in [0.717, 1.165) is 6.42 Å². The van der Waals surface area contributed by atoms with Crippen LogP contribution < -0.4 is 10.9 Å². The van der Waals surface area contributed by atoms with Crippen molar-refractivity contribution in [3.63, 3.8) is 0 Å². The summed E-state index contributed by atoms with van der Waals surface area (Å²) >= 11 is 1.62. The molecular formula is C15H17N3O3S. The Hall–Kier alpha value is -2.02. The number of nitrogens with zero attached hydrogens (tertiary/aromatic N) is 1. The second kappa shape index (κ2) is 5.64. The monoisotopic (exact) mass is 319 g/mol. The van der Waals surface area contributed by atoms with Gasteiger partial charge in [0, 0.05) is 17.7 Å². The van der Waals surface area contributed by atoms with Crippen molar-refractivity contribution in [2.45, 2.75) is 30.7 Å². The van der Waals surface area contributed by atoms with Crippen molar-refractivity contribution in [1.82, 2.24) is 15.8 Å². The molecule has 2 heterocycles. The normalized spacial score (nSPS) is 26.7. The summed E-state index contributed by atoms with van der Waals surface area (Å²) in [6.45, 7) is 1.98. The van der Waals surface area contributed by atoms with E-state index in [1.165, 1.54) is 0 Å². The van der Waals surface area contributed by atoms with Crippen LogP contribution in [0, 0.1) is 0 Å². The van der Waals surface area contributed by atoms with E-state index in [-0.39, 0.29) is 22.6 Å². The minimum absolute atomic E-state index is 0.00189. The summed E-state index contributed by atoms with van der Waals surface area (Å²) in [5.74, 6) is -0.178. The first-order valence-electron chi connectivity index (χ1n) is 7.13. The van der Waals surface area contributed by atoms with Crippen LogP contribution in [0.2, 0.25) is 0 Å². The van der Waals surface area contributed by atoms with Gasteiger partial charge in [-0.3, -0.25) is 25.2 Å². The Bertz CT molecular complexity index is 622. The van der Waals surface area contributed by atoms with Gasteiger partial charge in [-0.1, -0.05) is 18.2 Å². The molecule has 0 spiro atoms. The summed E-state index contributed by atoms with van der Waals surface area (Å²) in [7, 11) is 0. The molecule has 0 saturated carbocycles. The van der Waals surface area contributed by atoms with Gasteiger partial charge in [0.1, 0.15) is 6.04 Å². The molecule has 1 aromatic carbocycles. The Morgan fingerprint density at radius 3 is 2.73 bits per heavy atom. The standard InChI is InChI=1S/C15H17N3O3S/c1-15-8-7-12(19)18(15)11(9-22-15)14(21)17-16-13(20)10-5-3-2-4-6-10/h2-6,11H,7-9H2,1H3,(H,16,20)(H,17,21)/t11-,15+/m0/s1. The van der Waals surface area contributed by atoms with Crippen molar-refractivity contribution in [1.29, 1.82) is 0 Å². The first-order valence-corrected chi connectivity index (χ1v) is 8.11. The van der Waals surface area contributed by atoms with E-state index in [9.17, 15) is 14.4 Å². The number of amides is 3. The molecule has 0 unspecified atom stereocenters. The molecule has 2 atom stereocenters. The zero-order chi connectivity index (χ0) is 15.7. The predicted molar refractivity (Wildman–Crippen MR) is 82.8 cm³/mol. The third-order valence-corrected chi connectivity index (χ3v) is 5.59. The van der Waals surface area contributed by atoms with E-state index in [1.807, 2.05) is 13.0 Å². The fourth-order valence-electron chi connectivity index (χ4n) is 2.88. The van der Waals surface area contributed by atoms with Gasteiger partial charge < -0.3 is 4.90 Å². The van der Waals surface area contributed by atoms with Crippen molar-refractivity contribution >= 4 is 29.5 Å². The molecular weight excluding hydrogens is 302 g/mol. The second-order valence-corrected chi connectivity index (χ2v) is 7.08. The molecule has 2 fully saturated rings. The molecule has 0 aliphatic carbocycles. The minimum Gasteiger partial charge on any atom is -0.315 e. The van der Waals surface area contributed by atoms with Crippen LogP contribution in [0.15, 0.2) is 30.3 Å². The Labute approximate surface area is 132 Å². The number of hydrazine groups is 1. The fraction of sp³-hybridized carbons (Fsp3) is 0.400. The lowest BCUT2D eigenvalue weighted by molar-refractivity contribution is -0.138. The van der Waals surface area contributed by atoms with E-state index in [2.05, 4.69) is 10.9 Å². The topological polar surface area (TPSA) is 78.5 Å². The highest BCUT2D eigenvalue weighted by atomic mass is 32.2. The molecule has 2 saturated heterocycles. The number of carbonyl (C=O) groups is 3. The van der Waals surface area contributed by atoms with Crippen LogP contribution in [-0.4, -0.2) is 39.3 Å². The molecule has 116 valence electrons. The number of rotatable bonds is 2. The summed E-state index contributed by atoms with van der Waals surface area (Å²) in [4.78, 5) is 37.5. The molecule has 2 N–H and O–H groups in total. The molecule has 2 aliphatic rings. The Morgan fingerprint density at radius 2 is 2.00 bits per heavy atom. The van der Waals surface area contributed by atoms with Crippen molar-refractivity contribution in [3.8, 4) is 0 Å². The average molecular weight is 319 g/mol. The number of benzene rings is 1. The fourth-order valence-corrected chi connectivity index (χ4v) is 4.31. The molecule has 22 heavy (non-hydrogen) atoms. The van der Waals surface area contributed by atoms with Crippen LogP contribution in [0.25, 0.3) is 0 Å². The van der Waals surface area contributed by atoms with Gasteiger partial charge in [0.2, 0.25) is 5.91 Å².